The van der Waals surface area contributed by atoms with Crippen LogP contribution in [0.25, 0.3) is 0 Å². The Morgan fingerprint density at radius 1 is 1.26 bits per heavy atom. The molecule has 1 aliphatic rings. The maximum absolute atomic E-state index is 12.4. The number of nitrogens with one attached hydrogen (secondary N) is 1. The van der Waals surface area contributed by atoms with E-state index in [2.05, 4.69) is 10.3 Å². The average molecular weight is 390 g/mol. The number of primary amides is 1. The topological polar surface area (TPSA) is 124 Å². The molecular weight excluding hydrogens is 372 g/mol. The third-order valence-corrected chi connectivity index (χ3v) is 4.67. The van der Waals surface area contributed by atoms with E-state index in [9.17, 15) is 14.4 Å². The monoisotopic (exact) mass is 390 g/mol. The van der Waals surface area contributed by atoms with Crippen LogP contribution in [-0.2, 0) is 14.3 Å². The van der Waals surface area contributed by atoms with Crippen molar-refractivity contribution in [3.05, 3.63) is 40.9 Å². The number of thiophene rings is 1. The van der Waals surface area contributed by atoms with Gasteiger partial charge in [0.1, 0.15) is 16.4 Å². The average Bonchev–Trinajstić information content (AvgIpc) is 3.15. The van der Waals surface area contributed by atoms with Crippen LogP contribution in [0.15, 0.2) is 29.8 Å². The van der Waals surface area contributed by atoms with Gasteiger partial charge in [-0.1, -0.05) is 0 Å². The number of anilines is 2. The van der Waals surface area contributed by atoms with Crippen molar-refractivity contribution >= 4 is 39.9 Å². The van der Waals surface area contributed by atoms with Gasteiger partial charge < -0.3 is 25.4 Å². The van der Waals surface area contributed by atoms with Crippen LogP contribution in [0.2, 0.25) is 0 Å². The van der Waals surface area contributed by atoms with Crippen LogP contribution in [0, 0.1) is 0 Å². The van der Waals surface area contributed by atoms with E-state index in [0.717, 1.165) is 11.3 Å². The van der Waals surface area contributed by atoms with Crippen LogP contribution in [0.5, 0.6) is 0 Å². The van der Waals surface area contributed by atoms with E-state index >= 15 is 0 Å². The van der Waals surface area contributed by atoms with E-state index in [0.29, 0.717) is 37.1 Å². The molecule has 0 saturated carbocycles. The molecule has 0 unspecified atom stereocenters. The van der Waals surface area contributed by atoms with Gasteiger partial charge in [0.15, 0.2) is 6.61 Å². The van der Waals surface area contributed by atoms with Crippen molar-refractivity contribution in [1.29, 1.82) is 0 Å². The van der Waals surface area contributed by atoms with Gasteiger partial charge in [-0.3, -0.25) is 9.59 Å². The van der Waals surface area contributed by atoms with E-state index in [1.54, 1.807) is 23.7 Å². The number of nitrogens with zero attached hydrogens (tertiary/aromatic N) is 2. The minimum absolute atomic E-state index is 0.210. The summed E-state index contributed by atoms with van der Waals surface area (Å²) in [7, 11) is 0. The Labute approximate surface area is 159 Å². The standard InChI is InChI=1S/C17H18N4O5S/c18-14(23)11-3-9-27-16(11)20-13(22)10-26-17(24)12-2-1-4-19-15(12)21-5-7-25-8-6-21/h1-4,9H,5-8,10H2,(H2,18,23)(H,20,22). The molecular formula is C17H18N4O5S. The summed E-state index contributed by atoms with van der Waals surface area (Å²) in [6, 6.07) is 4.74. The van der Waals surface area contributed by atoms with Crippen LogP contribution in [0.1, 0.15) is 20.7 Å². The third-order valence-electron chi connectivity index (χ3n) is 3.84. The molecule has 3 N–H and O–H groups in total. The molecule has 1 aliphatic heterocycles. The number of aromatic nitrogens is 1. The lowest BCUT2D eigenvalue weighted by molar-refractivity contribution is -0.119. The molecule has 0 spiro atoms. The Bertz CT molecular complexity index is 847. The number of hydrogen-bond donors (Lipinski definition) is 2. The molecule has 0 radical (unpaired) electrons. The number of hydrogen-bond acceptors (Lipinski definition) is 8. The van der Waals surface area contributed by atoms with Gasteiger partial charge in [0.25, 0.3) is 11.8 Å². The minimum Gasteiger partial charge on any atom is -0.452 e. The normalized spacial score (nSPS) is 13.9. The van der Waals surface area contributed by atoms with E-state index in [1.165, 1.54) is 6.07 Å². The SMILES string of the molecule is NC(=O)c1ccsc1NC(=O)COC(=O)c1cccnc1N1CCOCC1. The molecule has 0 bridgehead atoms. The van der Waals surface area contributed by atoms with Gasteiger partial charge in [-0.25, -0.2) is 9.78 Å². The highest BCUT2D eigenvalue weighted by atomic mass is 32.1. The van der Waals surface area contributed by atoms with Crippen LogP contribution < -0.4 is 16.0 Å². The summed E-state index contributed by atoms with van der Waals surface area (Å²) in [4.78, 5) is 41.9. The first-order valence-electron chi connectivity index (χ1n) is 8.18. The molecule has 0 aliphatic carbocycles. The first-order valence-corrected chi connectivity index (χ1v) is 9.06. The number of nitrogens with two attached hydrogens (primary N) is 1. The lowest BCUT2D eigenvalue weighted by Gasteiger charge is -2.28. The molecule has 0 aromatic carbocycles. The number of morpholine rings is 1. The first kappa shape index (κ1) is 18.8. The molecule has 2 aromatic rings. The predicted octanol–water partition coefficient (Wildman–Crippen LogP) is 0.874. The second kappa shape index (κ2) is 8.60. The highest BCUT2D eigenvalue weighted by Gasteiger charge is 2.21. The summed E-state index contributed by atoms with van der Waals surface area (Å²) >= 11 is 1.16. The predicted molar refractivity (Wildman–Crippen MR) is 99.0 cm³/mol. The molecule has 3 rings (SSSR count). The van der Waals surface area contributed by atoms with Gasteiger partial charge in [-0.2, -0.15) is 0 Å². The van der Waals surface area contributed by atoms with Gasteiger partial charge in [-0.15, -0.1) is 11.3 Å². The van der Waals surface area contributed by atoms with Crippen molar-refractivity contribution in [2.24, 2.45) is 5.73 Å². The van der Waals surface area contributed by atoms with Crippen molar-refractivity contribution in [3.8, 4) is 0 Å². The summed E-state index contributed by atoms with van der Waals surface area (Å²) < 4.78 is 10.4. The number of carbonyl (C=O) groups is 3. The Morgan fingerprint density at radius 3 is 2.78 bits per heavy atom. The summed E-state index contributed by atoms with van der Waals surface area (Å²) in [5.74, 6) is -1.36. The van der Waals surface area contributed by atoms with E-state index in [1.807, 2.05) is 4.90 Å². The van der Waals surface area contributed by atoms with Crippen LogP contribution in [0.3, 0.4) is 0 Å². The second-order valence-electron chi connectivity index (χ2n) is 5.63. The molecule has 9 nitrogen and oxygen atoms in total. The third kappa shape index (κ3) is 4.60. The first-order chi connectivity index (χ1) is 13.1. The van der Waals surface area contributed by atoms with Crippen LogP contribution >= 0.6 is 11.3 Å². The van der Waals surface area contributed by atoms with Gasteiger partial charge in [0, 0.05) is 19.3 Å². The lowest BCUT2D eigenvalue weighted by Crippen LogP contribution is -2.37. The Morgan fingerprint density at radius 2 is 2.04 bits per heavy atom. The van der Waals surface area contributed by atoms with E-state index in [4.69, 9.17) is 15.2 Å². The molecule has 1 fully saturated rings. The lowest BCUT2D eigenvalue weighted by atomic mass is 10.2. The zero-order chi connectivity index (χ0) is 19.2. The number of esters is 1. The molecule has 27 heavy (non-hydrogen) atoms. The maximum atomic E-state index is 12.4. The number of carbonyl (C=O) groups excluding carboxylic acids is 3. The van der Waals surface area contributed by atoms with Gasteiger partial charge >= 0.3 is 5.97 Å². The van der Waals surface area contributed by atoms with Crippen molar-refractivity contribution in [1.82, 2.24) is 4.98 Å². The molecule has 0 atom stereocenters. The molecule has 2 amide bonds. The van der Waals surface area contributed by atoms with E-state index < -0.39 is 24.4 Å². The fourth-order valence-corrected chi connectivity index (χ4v) is 3.36. The Kier molecular flexibility index (Phi) is 5.99. The summed E-state index contributed by atoms with van der Waals surface area (Å²) in [6.45, 7) is 1.84. The van der Waals surface area contributed by atoms with E-state index in [-0.39, 0.29) is 11.1 Å². The van der Waals surface area contributed by atoms with Crippen molar-refractivity contribution in [2.75, 3.05) is 43.1 Å². The van der Waals surface area contributed by atoms with Gasteiger partial charge in [0.05, 0.1) is 18.8 Å². The fraction of sp³-hybridized carbons (Fsp3) is 0.294. The zero-order valence-electron chi connectivity index (χ0n) is 14.3. The number of pyridine rings is 1. The Balaban J connectivity index is 1.61. The quantitative estimate of drug-likeness (QED) is 0.702. The molecule has 142 valence electrons. The number of ether oxygens (including phenoxy) is 2. The maximum Gasteiger partial charge on any atom is 0.342 e. The molecule has 2 aromatic heterocycles. The smallest absolute Gasteiger partial charge is 0.342 e. The Hall–Kier alpha value is -2.98. The van der Waals surface area contributed by atoms with Crippen molar-refractivity contribution in [3.63, 3.8) is 0 Å². The highest BCUT2D eigenvalue weighted by Crippen LogP contribution is 2.23. The molecule has 3 heterocycles. The zero-order valence-corrected chi connectivity index (χ0v) is 15.2. The number of rotatable bonds is 6. The van der Waals surface area contributed by atoms with Crippen molar-refractivity contribution in [2.45, 2.75) is 0 Å². The summed E-state index contributed by atoms with van der Waals surface area (Å²) in [5.41, 5.74) is 5.72. The number of amides is 2. The summed E-state index contributed by atoms with van der Waals surface area (Å²) in [6.07, 6.45) is 1.59. The molecule has 10 heteroatoms. The van der Waals surface area contributed by atoms with Crippen molar-refractivity contribution < 1.29 is 23.9 Å². The molecule has 1 saturated heterocycles. The van der Waals surface area contributed by atoms with Crippen LogP contribution in [0.4, 0.5) is 10.8 Å². The van der Waals surface area contributed by atoms with Gasteiger partial charge in [-0.05, 0) is 23.6 Å². The van der Waals surface area contributed by atoms with Crippen LogP contribution in [-0.4, -0.2) is 55.7 Å². The largest absolute Gasteiger partial charge is 0.452 e. The minimum atomic E-state index is -0.652. The highest BCUT2D eigenvalue weighted by molar-refractivity contribution is 7.14. The summed E-state index contributed by atoms with van der Waals surface area (Å²) in [5, 5.41) is 4.47. The van der Waals surface area contributed by atoms with Gasteiger partial charge in [0.2, 0.25) is 0 Å². The second-order valence-corrected chi connectivity index (χ2v) is 6.54. The fourth-order valence-electron chi connectivity index (χ4n) is 2.56.